The number of phenolic OH excluding ortho intramolecular Hbond substituents is 2. The smallest absolute Gasteiger partial charge is 0.407 e. The fraction of sp³-hybridized carbons (Fsp3) is 0.300. The molecule has 0 saturated carbocycles. The molecule has 1 atom stereocenters. The number of phenols is 2. The summed E-state index contributed by atoms with van der Waals surface area (Å²) < 4.78 is 4.72. The summed E-state index contributed by atoms with van der Waals surface area (Å²) >= 11 is 0. The fourth-order valence-electron chi connectivity index (χ4n) is 1.59. The molecule has 0 spiro atoms. The third-order valence-electron chi connectivity index (χ3n) is 2.26. The van der Waals surface area contributed by atoms with E-state index in [9.17, 15) is 15.0 Å². The molecule has 15 heavy (non-hydrogen) atoms. The quantitative estimate of drug-likeness (QED) is 0.650. The standard InChI is InChI=1S/C10H11NO4/c12-7-3-6(4-8(13)5-7)9-1-2-15-10(14)11-9/h3-5,9,12-13H,1-2H2,(H,11,14)/t9-/m0/s1. The molecule has 1 aromatic rings. The lowest BCUT2D eigenvalue weighted by atomic mass is 10.0. The first-order valence-corrected chi connectivity index (χ1v) is 4.61. The maximum Gasteiger partial charge on any atom is 0.407 e. The van der Waals surface area contributed by atoms with Crippen LogP contribution in [-0.2, 0) is 4.74 Å². The Balaban J connectivity index is 2.24. The second-order valence-corrected chi connectivity index (χ2v) is 3.40. The Morgan fingerprint density at radius 1 is 1.27 bits per heavy atom. The summed E-state index contributed by atoms with van der Waals surface area (Å²) in [5.41, 5.74) is 0.671. The van der Waals surface area contributed by atoms with E-state index < -0.39 is 6.09 Å². The molecule has 1 aromatic carbocycles. The minimum atomic E-state index is -0.478. The van der Waals surface area contributed by atoms with Gasteiger partial charge in [-0.1, -0.05) is 0 Å². The van der Waals surface area contributed by atoms with Gasteiger partial charge in [-0.25, -0.2) is 4.79 Å². The molecule has 1 aliphatic rings. The number of carbonyl (C=O) groups is 1. The molecule has 1 saturated heterocycles. The van der Waals surface area contributed by atoms with Crippen LogP contribution in [0.4, 0.5) is 4.79 Å². The summed E-state index contributed by atoms with van der Waals surface area (Å²) in [4.78, 5) is 11.0. The van der Waals surface area contributed by atoms with Crippen molar-refractivity contribution in [2.24, 2.45) is 0 Å². The molecule has 1 amide bonds. The summed E-state index contributed by atoms with van der Waals surface area (Å²) in [7, 11) is 0. The van der Waals surface area contributed by atoms with Gasteiger partial charge in [0.15, 0.2) is 0 Å². The largest absolute Gasteiger partial charge is 0.508 e. The Bertz CT molecular complexity index is 371. The zero-order valence-electron chi connectivity index (χ0n) is 7.93. The van der Waals surface area contributed by atoms with Crippen LogP contribution >= 0.6 is 0 Å². The van der Waals surface area contributed by atoms with E-state index in [-0.39, 0.29) is 17.5 Å². The topological polar surface area (TPSA) is 78.8 Å². The van der Waals surface area contributed by atoms with Gasteiger partial charge in [-0.05, 0) is 17.7 Å². The predicted molar refractivity (Wildman–Crippen MR) is 51.6 cm³/mol. The Morgan fingerprint density at radius 3 is 2.53 bits per heavy atom. The molecule has 80 valence electrons. The van der Waals surface area contributed by atoms with E-state index in [1.165, 1.54) is 18.2 Å². The lowest BCUT2D eigenvalue weighted by Gasteiger charge is -2.23. The van der Waals surface area contributed by atoms with Crippen LogP contribution in [0.1, 0.15) is 18.0 Å². The van der Waals surface area contributed by atoms with Crippen LogP contribution in [0.5, 0.6) is 11.5 Å². The molecule has 0 radical (unpaired) electrons. The number of rotatable bonds is 1. The monoisotopic (exact) mass is 209 g/mol. The van der Waals surface area contributed by atoms with E-state index in [0.29, 0.717) is 18.6 Å². The Hall–Kier alpha value is -1.91. The Kier molecular flexibility index (Phi) is 2.37. The van der Waals surface area contributed by atoms with E-state index in [4.69, 9.17) is 4.74 Å². The SMILES string of the molecule is O=C1N[C@H](c2cc(O)cc(O)c2)CCO1. The van der Waals surface area contributed by atoms with Crippen molar-refractivity contribution in [3.8, 4) is 11.5 Å². The maximum absolute atomic E-state index is 11.0. The minimum absolute atomic E-state index is 0.0225. The van der Waals surface area contributed by atoms with Crippen LogP contribution in [0.2, 0.25) is 0 Å². The third kappa shape index (κ3) is 2.12. The number of alkyl carbamates (subject to hydrolysis) is 1. The zero-order valence-corrected chi connectivity index (χ0v) is 7.93. The number of carbonyl (C=O) groups excluding carboxylic acids is 1. The number of cyclic esters (lactones) is 1. The minimum Gasteiger partial charge on any atom is -0.508 e. The predicted octanol–water partition coefficient (Wildman–Crippen LogP) is 1.27. The Labute approximate surface area is 86.3 Å². The summed E-state index contributed by atoms with van der Waals surface area (Å²) in [6.07, 6.45) is 0.142. The average Bonchev–Trinajstić information content (AvgIpc) is 2.16. The van der Waals surface area contributed by atoms with Gasteiger partial charge >= 0.3 is 6.09 Å². The van der Waals surface area contributed by atoms with Gasteiger partial charge in [0.1, 0.15) is 11.5 Å². The molecule has 0 bridgehead atoms. The normalized spacial score (nSPS) is 20.5. The molecular weight excluding hydrogens is 198 g/mol. The average molecular weight is 209 g/mol. The molecule has 0 aliphatic carbocycles. The van der Waals surface area contributed by atoms with E-state index in [1.54, 1.807) is 0 Å². The molecule has 3 N–H and O–H groups in total. The molecule has 2 rings (SSSR count). The highest BCUT2D eigenvalue weighted by molar-refractivity contribution is 5.68. The summed E-state index contributed by atoms with van der Waals surface area (Å²) in [5.74, 6) is -0.0449. The van der Waals surface area contributed by atoms with Crippen molar-refractivity contribution >= 4 is 6.09 Å². The molecule has 0 unspecified atom stereocenters. The van der Waals surface area contributed by atoms with E-state index in [1.807, 2.05) is 0 Å². The van der Waals surface area contributed by atoms with Crippen molar-refractivity contribution in [1.29, 1.82) is 0 Å². The summed E-state index contributed by atoms with van der Waals surface area (Å²) in [6, 6.07) is 4.04. The van der Waals surface area contributed by atoms with Gasteiger partial charge in [0.25, 0.3) is 0 Å². The first-order valence-electron chi connectivity index (χ1n) is 4.61. The number of nitrogens with one attached hydrogen (secondary N) is 1. The van der Waals surface area contributed by atoms with Crippen LogP contribution in [0, 0.1) is 0 Å². The van der Waals surface area contributed by atoms with Gasteiger partial charge in [0, 0.05) is 12.5 Å². The molecule has 1 fully saturated rings. The lowest BCUT2D eigenvalue weighted by molar-refractivity contribution is 0.115. The highest BCUT2D eigenvalue weighted by Gasteiger charge is 2.21. The van der Waals surface area contributed by atoms with Crippen molar-refractivity contribution in [1.82, 2.24) is 5.32 Å². The molecule has 0 aromatic heterocycles. The summed E-state index contributed by atoms with van der Waals surface area (Å²) in [5, 5.41) is 21.2. The molecular formula is C10H11NO4. The van der Waals surface area contributed by atoms with Crippen LogP contribution in [0.15, 0.2) is 18.2 Å². The first-order chi connectivity index (χ1) is 7.15. The van der Waals surface area contributed by atoms with Crippen molar-refractivity contribution in [3.63, 3.8) is 0 Å². The lowest BCUT2D eigenvalue weighted by Crippen LogP contribution is -2.35. The van der Waals surface area contributed by atoms with Gasteiger partial charge in [-0.3, -0.25) is 0 Å². The van der Waals surface area contributed by atoms with Gasteiger partial charge < -0.3 is 20.3 Å². The number of amides is 1. The van der Waals surface area contributed by atoms with Crippen LogP contribution in [-0.4, -0.2) is 22.9 Å². The van der Waals surface area contributed by atoms with Crippen LogP contribution < -0.4 is 5.32 Å². The van der Waals surface area contributed by atoms with E-state index in [0.717, 1.165) is 0 Å². The first kappa shape index (κ1) is 9.64. The number of benzene rings is 1. The van der Waals surface area contributed by atoms with Crippen molar-refractivity contribution < 1.29 is 19.7 Å². The Morgan fingerprint density at radius 2 is 1.93 bits per heavy atom. The number of hydrogen-bond acceptors (Lipinski definition) is 4. The summed E-state index contributed by atoms with van der Waals surface area (Å²) in [6.45, 7) is 0.340. The highest BCUT2D eigenvalue weighted by atomic mass is 16.5. The van der Waals surface area contributed by atoms with Crippen LogP contribution in [0.3, 0.4) is 0 Å². The van der Waals surface area contributed by atoms with Crippen molar-refractivity contribution in [2.45, 2.75) is 12.5 Å². The van der Waals surface area contributed by atoms with Gasteiger partial charge in [0.05, 0.1) is 12.6 Å². The highest BCUT2D eigenvalue weighted by Crippen LogP contribution is 2.27. The van der Waals surface area contributed by atoms with Crippen LogP contribution in [0.25, 0.3) is 0 Å². The zero-order chi connectivity index (χ0) is 10.8. The van der Waals surface area contributed by atoms with E-state index >= 15 is 0 Å². The van der Waals surface area contributed by atoms with Gasteiger partial charge in [-0.15, -0.1) is 0 Å². The molecule has 1 aliphatic heterocycles. The van der Waals surface area contributed by atoms with E-state index in [2.05, 4.69) is 5.32 Å². The van der Waals surface area contributed by atoms with Gasteiger partial charge in [-0.2, -0.15) is 0 Å². The fourth-order valence-corrected chi connectivity index (χ4v) is 1.59. The molecule has 5 heteroatoms. The molecule has 5 nitrogen and oxygen atoms in total. The van der Waals surface area contributed by atoms with Gasteiger partial charge in [0.2, 0.25) is 0 Å². The maximum atomic E-state index is 11.0. The second kappa shape index (κ2) is 3.68. The third-order valence-corrected chi connectivity index (χ3v) is 2.26. The van der Waals surface area contributed by atoms with Crippen molar-refractivity contribution in [2.75, 3.05) is 6.61 Å². The molecule has 1 heterocycles. The number of ether oxygens (including phenoxy) is 1. The number of hydrogen-bond donors (Lipinski definition) is 3. The number of aromatic hydroxyl groups is 2. The van der Waals surface area contributed by atoms with Crippen molar-refractivity contribution in [3.05, 3.63) is 23.8 Å². The second-order valence-electron chi connectivity index (χ2n) is 3.40.